The Bertz CT molecular complexity index is 635. The van der Waals surface area contributed by atoms with Crippen molar-refractivity contribution in [3.05, 3.63) is 35.4 Å². The van der Waals surface area contributed by atoms with Crippen molar-refractivity contribution in [2.45, 2.75) is 25.2 Å². The number of carbonyl (C=O) groups excluding carboxylic acids is 1. The van der Waals surface area contributed by atoms with E-state index in [2.05, 4.69) is 10.2 Å². The van der Waals surface area contributed by atoms with Gasteiger partial charge in [-0.3, -0.25) is 9.69 Å². The minimum absolute atomic E-state index is 0.0501. The molecule has 1 N–H and O–H groups in total. The third-order valence-electron chi connectivity index (χ3n) is 4.92. The van der Waals surface area contributed by atoms with Gasteiger partial charge in [0.15, 0.2) is 0 Å². The second-order valence-electron chi connectivity index (χ2n) is 6.22. The van der Waals surface area contributed by atoms with Gasteiger partial charge in [-0.1, -0.05) is 12.1 Å². The lowest BCUT2D eigenvalue weighted by atomic mass is 10.0. The molecule has 2 aliphatic rings. The lowest BCUT2D eigenvalue weighted by molar-refractivity contribution is -0.137. The zero-order valence-electron chi connectivity index (χ0n) is 12.6. The van der Waals surface area contributed by atoms with Gasteiger partial charge < -0.3 is 5.32 Å². The Labute approximate surface area is 132 Å². The van der Waals surface area contributed by atoms with Crippen LogP contribution in [0.5, 0.6) is 0 Å². The van der Waals surface area contributed by atoms with Crippen molar-refractivity contribution in [2.75, 3.05) is 13.1 Å². The first kappa shape index (κ1) is 15.9. The van der Waals surface area contributed by atoms with E-state index >= 15 is 0 Å². The second kappa shape index (κ2) is 5.57. The van der Waals surface area contributed by atoms with Gasteiger partial charge in [-0.25, -0.2) is 0 Å². The van der Waals surface area contributed by atoms with E-state index in [9.17, 15) is 18.0 Å². The van der Waals surface area contributed by atoms with Gasteiger partial charge >= 0.3 is 6.18 Å². The maximum absolute atomic E-state index is 12.6. The number of halogens is 3. The number of terminal acetylenes is 1. The Morgan fingerprint density at radius 3 is 2.35 bits per heavy atom. The molecule has 2 fully saturated rings. The van der Waals surface area contributed by atoms with Crippen LogP contribution in [0.15, 0.2) is 24.3 Å². The van der Waals surface area contributed by atoms with E-state index in [0.717, 1.165) is 30.8 Å². The van der Waals surface area contributed by atoms with Crippen molar-refractivity contribution in [3.8, 4) is 12.3 Å². The number of likely N-dealkylation sites (tertiary alicyclic amines) is 1. The number of piperidine rings is 1. The quantitative estimate of drug-likeness (QED) is 0.867. The monoisotopic (exact) mass is 322 g/mol. The van der Waals surface area contributed by atoms with E-state index in [1.165, 1.54) is 12.1 Å². The Hall–Kier alpha value is -2.00. The largest absolute Gasteiger partial charge is 0.416 e. The summed E-state index contributed by atoms with van der Waals surface area (Å²) in [6.07, 6.45) is 0.734. The van der Waals surface area contributed by atoms with Crippen LogP contribution < -0.4 is 5.32 Å². The van der Waals surface area contributed by atoms with Crippen LogP contribution in [0.2, 0.25) is 0 Å². The molecule has 1 saturated carbocycles. The van der Waals surface area contributed by atoms with Crippen LogP contribution in [0.1, 0.15) is 24.1 Å². The first-order chi connectivity index (χ1) is 10.8. The average Bonchev–Trinajstić information content (AvgIpc) is 2.96. The van der Waals surface area contributed by atoms with E-state index in [0.29, 0.717) is 11.8 Å². The summed E-state index contributed by atoms with van der Waals surface area (Å²) in [6.45, 7) is 3.63. The van der Waals surface area contributed by atoms with E-state index in [1.54, 1.807) is 0 Å². The number of hydrogen-bond acceptors (Lipinski definition) is 2. The number of hydrogen-bond donors (Lipinski definition) is 1. The van der Waals surface area contributed by atoms with Gasteiger partial charge in [-0.05, 0) is 42.4 Å². The number of amides is 1. The fourth-order valence-electron chi connectivity index (χ4n) is 3.44. The molecule has 0 radical (unpaired) electrons. The summed E-state index contributed by atoms with van der Waals surface area (Å²) in [5.41, 5.74) is 0.235. The Morgan fingerprint density at radius 2 is 1.87 bits per heavy atom. The van der Waals surface area contributed by atoms with Gasteiger partial charge in [0, 0.05) is 25.2 Å². The molecule has 1 aromatic rings. The van der Waals surface area contributed by atoms with E-state index in [4.69, 9.17) is 6.42 Å². The van der Waals surface area contributed by atoms with Crippen molar-refractivity contribution in [1.82, 2.24) is 10.2 Å². The summed E-state index contributed by atoms with van der Waals surface area (Å²) < 4.78 is 37.8. The van der Waals surface area contributed by atoms with Crippen molar-refractivity contribution < 1.29 is 18.0 Å². The molecule has 3 nitrogen and oxygen atoms in total. The molecule has 1 heterocycles. The number of rotatable bonds is 3. The fourth-order valence-corrected chi connectivity index (χ4v) is 3.44. The number of benzene rings is 1. The van der Waals surface area contributed by atoms with Gasteiger partial charge in [0.25, 0.3) is 5.91 Å². The van der Waals surface area contributed by atoms with Gasteiger partial charge in [-0.15, -0.1) is 6.42 Å². The van der Waals surface area contributed by atoms with Crippen LogP contribution in [0.3, 0.4) is 0 Å². The van der Waals surface area contributed by atoms with Gasteiger partial charge in [0.05, 0.1) is 5.56 Å². The lowest BCUT2D eigenvalue weighted by Crippen LogP contribution is -2.35. The van der Waals surface area contributed by atoms with Crippen LogP contribution in [-0.2, 0) is 11.0 Å². The highest BCUT2D eigenvalue weighted by Gasteiger charge is 2.56. The van der Waals surface area contributed by atoms with Crippen LogP contribution >= 0.6 is 0 Å². The highest BCUT2D eigenvalue weighted by molar-refractivity contribution is 5.93. The van der Waals surface area contributed by atoms with Crippen molar-refractivity contribution in [1.29, 1.82) is 0 Å². The minimum atomic E-state index is -4.31. The molecule has 1 aliphatic carbocycles. The third kappa shape index (κ3) is 3.06. The number of nitrogens with zero attached hydrogens (tertiary/aromatic N) is 1. The third-order valence-corrected chi connectivity index (χ3v) is 4.92. The van der Waals surface area contributed by atoms with Crippen LogP contribution in [0.25, 0.3) is 0 Å². The molecule has 1 amide bonds. The lowest BCUT2D eigenvalue weighted by Gasteiger charge is -2.27. The minimum Gasteiger partial charge on any atom is -0.342 e. The van der Waals surface area contributed by atoms with Gasteiger partial charge in [-0.2, -0.15) is 13.2 Å². The number of fused-ring (bicyclic) bond motifs is 1. The zero-order chi connectivity index (χ0) is 16.8. The summed E-state index contributed by atoms with van der Waals surface area (Å²) in [4.78, 5) is 13.4. The second-order valence-corrected chi connectivity index (χ2v) is 6.22. The molecule has 6 heteroatoms. The highest BCUT2D eigenvalue weighted by atomic mass is 19.4. The molecular weight excluding hydrogens is 305 g/mol. The molecule has 0 bridgehead atoms. The molecule has 0 spiro atoms. The van der Waals surface area contributed by atoms with E-state index in [1.807, 2.05) is 12.8 Å². The SMILES string of the molecule is C#CC(=O)NC1[C@H]2CN([C@@H](C)c3ccc(C(F)(F)F)cc3)C[C@@H]12. The smallest absolute Gasteiger partial charge is 0.342 e. The number of carbonyl (C=O) groups is 1. The Morgan fingerprint density at radius 1 is 1.30 bits per heavy atom. The first-order valence-corrected chi connectivity index (χ1v) is 7.49. The molecule has 1 aromatic carbocycles. The van der Waals surface area contributed by atoms with Crippen LogP contribution in [0, 0.1) is 24.2 Å². The number of nitrogens with one attached hydrogen (secondary N) is 1. The van der Waals surface area contributed by atoms with Crippen LogP contribution in [-0.4, -0.2) is 29.9 Å². The summed E-state index contributed by atoms with van der Waals surface area (Å²) in [5.74, 6) is 2.45. The molecule has 3 rings (SSSR count). The van der Waals surface area contributed by atoms with Crippen molar-refractivity contribution >= 4 is 5.91 Å². The molecule has 1 unspecified atom stereocenters. The van der Waals surface area contributed by atoms with Crippen molar-refractivity contribution in [2.24, 2.45) is 11.8 Å². The molecule has 0 aromatic heterocycles. The van der Waals surface area contributed by atoms with E-state index in [-0.39, 0.29) is 18.0 Å². The molecule has 4 atom stereocenters. The van der Waals surface area contributed by atoms with Gasteiger partial charge in [0.2, 0.25) is 0 Å². The standard InChI is InChI=1S/C17H17F3N2O/c1-3-15(23)21-16-13-8-22(9-14(13)16)10(2)11-4-6-12(7-5-11)17(18,19)20/h1,4-7,10,13-14,16H,8-9H2,2H3,(H,21,23)/t10-,13-,14+,16?/m0/s1. The highest BCUT2D eigenvalue weighted by Crippen LogP contribution is 2.47. The van der Waals surface area contributed by atoms with E-state index < -0.39 is 11.7 Å². The van der Waals surface area contributed by atoms with Gasteiger partial charge in [0.1, 0.15) is 0 Å². The van der Waals surface area contributed by atoms with Crippen LogP contribution in [0.4, 0.5) is 13.2 Å². The molecule has 1 aliphatic heterocycles. The topological polar surface area (TPSA) is 32.3 Å². The maximum atomic E-state index is 12.6. The zero-order valence-corrected chi connectivity index (χ0v) is 12.6. The number of alkyl halides is 3. The average molecular weight is 322 g/mol. The normalized spacial score (nSPS) is 27.9. The summed E-state index contributed by atoms with van der Waals surface area (Å²) in [7, 11) is 0. The maximum Gasteiger partial charge on any atom is 0.416 e. The first-order valence-electron chi connectivity index (χ1n) is 7.49. The molecule has 23 heavy (non-hydrogen) atoms. The fraction of sp³-hybridized carbons (Fsp3) is 0.471. The van der Waals surface area contributed by atoms with Crippen molar-refractivity contribution in [3.63, 3.8) is 0 Å². The summed E-state index contributed by atoms with van der Waals surface area (Å²) in [6, 6.07) is 5.52. The molecule has 1 saturated heterocycles. The predicted octanol–water partition coefficient (Wildman–Crippen LogP) is 2.45. The summed E-state index contributed by atoms with van der Waals surface area (Å²) in [5, 5.41) is 2.80. The summed E-state index contributed by atoms with van der Waals surface area (Å²) >= 11 is 0. The Balaban J connectivity index is 1.58. The molecule has 122 valence electrons. The molecular formula is C17H17F3N2O. The predicted molar refractivity (Wildman–Crippen MR) is 79.2 cm³/mol. The Kier molecular flexibility index (Phi) is 3.85.